The molecule has 13 heavy (non-hydrogen) atoms. The lowest BCUT2D eigenvalue weighted by Crippen LogP contribution is -1.95. The molecule has 1 rings (SSSR count). The third kappa shape index (κ3) is 2.43. The van der Waals surface area contributed by atoms with Gasteiger partial charge in [-0.05, 0) is 13.0 Å². The lowest BCUT2D eigenvalue weighted by molar-refractivity contribution is 0.272. The minimum Gasteiger partial charge on any atom is -0.501 e. The number of rotatable bonds is 3. The zero-order valence-corrected chi connectivity index (χ0v) is 7.33. The van der Waals surface area contributed by atoms with Gasteiger partial charge in [0.2, 0.25) is 0 Å². The van der Waals surface area contributed by atoms with E-state index in [0.29, 0.717) is 12.2 Å². The van der Waals surface area contributed by atoms with Gasteiger partial charge in [-0.25, -0.2) is 4.39 Å². The summed E-state index contributed by atoms with van der Waals surface area (Å²) in [5.41, 5.74) is 6.05. The Bertz CT molecular complexity index is 312. The van der Waals surface area contributed by atoms with Crippen molar-refractivity contribution in [3.8, 4) is 0 Å². The van der Waals surface area contributed by atoms with Crippen LogP contribution in [-0.4, -0.2) is 11.6 Å². The van der Waals surface area contributed by atoms with Gasteiger partial charge >= 0.3 is 0 Å². The number of nitrogens with two attached hydrogens (primary N) is 1. The van der Waals surface area contributed by atoms with Crippen molar-refractivity contribution < 1.29 is 9.13 Å². The van der Waals surface area contributed by atoms with E-state index in [1.54, 1.807) is 6.08 Å². The highest BCUT2D eigenvalue weighted by Gasteiger charge is 2.01. The summed E-state index contributed by atoms with van der Waals surface area (Å²) >= 11 is 0. The summed E-state index contributed by atoms with van der Waals surface area (Å²) < 4.78 is 17.8. The van der Waals surface area contributed by atoms with Crippen LogP contribution < -0.4 is 5.73 Å². The van der Waals surface area contributed by atoms with Gasteiger partial charge in [0.25, 0.3) is 0 Å². The lowest BCUT2D eigenvalue weighted by Gasteiger charge is -1.99. The summed E-state index contributed by atoms with van der Waals surface area (Å²) in [6, 6.07) is 0. The average Bonchev–Trinajstić information content (AvgIpc) is 2.13. The van der Waals surface area contributed by atoms with Crippen LogP contribution in [0.5, 0.6) is 0 Å². The Kier molecular flexibility index (Phi) is 3.25. The summed E-state index contributed by atoms with van der Waals surface area (Å²) in [6.45, 7) is 2.43. The number of ether oxygens (including phenoxy) is 1. The zero-order chi connectivity index (χ0) is 9.68. The van der Waals surface area contributed by atoms with Gasteiger partial charge in [0.15, 0.2) is 5.82 Å². The monoisotopic (exact) mass is 182 g/mol. The molecule has 0 amide bonds. The number of hydrogen-bond acceptors (Lipinski definition) is 3. The van der Waals surface area contributed by atoms with E-state index >= 15 is 0 Å². The van der Waals surface area contributed by atoms with Crippen molar-refractivity contribution in [1.82, 2.24) is 4.98 Å². The molecule has 0 aromatic carbocycles. The molecule has 0 bridgehead atoms. The molecule has 70 valence electrons. The molecule has 2 N–H and O–H groups in total. The molecule has 0 unspecified atom stereocenters. The molecule has 0 saturated heterocycles. The van der Waals surface area contributed by atoms with Crippen molar-refractivity contribution in [3.05, 3.63) is 30.0 Å². The van der Waals surface area contributed by atoms with E-state index in [1.807, 2.05) is 6.92 Å². The maximum absolute atomic E-state index is 12.8. The topological polar surface area (TPSA) is 48.1 Å². The molecule has 1 heterocycles. The number of aromatic nitrogens is 1. The lowest BCUT2D eigenvalue weighted by atomic mass is 10.2. The second-order valence-corrected chi connectivity index (χ2v) is 2.38. The minimum atomic E-state index is -0.515. The van der Waals surface area contributed by atoms with E-state index in [0.717, 1.165) is 6.20 Å². The highest BCUT2D eigenvalue weighted by atomic mass is 19.1. The molecule has 0 spiro atoms. The SMILES string of the molecule is CCOC=Cc1cncc(F)c1N. The Balaban J connectivity index is 2.83. The predicted molar refractivity (Wildman–Crippen MR) is 49.3 cm³/mol. The highest BCUT2D eigenvalue weighted by Crippen LogP contribution is 2.15. The standard InChI is InChI=1S/C9H11FN2O/c1-2-13-4-3-7-5-12-6-8(10)9(7)11/h3-6H,2H2,1H3,(H2,11,12). The highest BCUT2D eigenvalue weighted by molar-refractivity contribution is 5.62. The van der Waals surface area contributed by atoms with Crippen LogP contribution in [0.25, 0.3) is 6.08 Å². The van der Waals surface area contributed by atoms with Gasteiger partial charge in [-0.1, -0.05) is 0 Å². The molecule has 0 aliphatic rings. The molecule has 0 atom stereocenters. The van der Waals surface area contributed by atoms with Gasteiger partial charge in [-0.3, -0.25) is 4.98 Å². The third-order valence-corrected chi connectivity index (χ3v) is 1.48. The van der Waals surface area contributed by atoms with Gasteiger partial charge in [0.1, 0.15) is 0 Å². The van der Waals surface area contributed by atoms with Crippen LogP contribution in [0.15, 0.2) is 18.7 Å². The summed E-state index contributed by atoms with van der Waals surface area (Å²) in [5.74, 6) is -0.515. The number of nitrogens with zero attached hydrogens (tertiary/aromatic N) is 1. The number of nitrogen functional groups attached to an aromatic ring is 1. The van der Waals surface area contributed by atoms with Crippen LogP contribution in [0, 0.1) is 5.82 Å². The van der Waals surface area contributed by atoms with Crippen LogP contribution in [-0.2, 0) is 4.74 Å². The van der Waals surface area contributed by atoms with E-state index in [1.165, 1.54) is 12.5 Å². The smallest absolute Gasteiger partial charge is 0.164 e. The summed E-state index contributed by atoms with van der Waals surface area (Å²) in [6.07, 6.45) is 5.60. The minimum absolute atomic E-state index is 0.0888. The van der Waals surface area contributed by atoms with E-state index in [-0.39, 0.29) is 5.69 Å². The van der Waals surface area contributed by atoms with Crippen molar-refractivity contribution >= 4 is 11.8 Å². The summed E-state index contributed by atoms with van der Waals surface area (Å²) in [7, 11) is 0. The number of anilines is 1. The van der Waals surface area contributed by atoms with Crippen LogP contribution in [0.1, 0.15) is 12.5 Å². The Labute approximate surface area is 76.0 Å². The number of hydrogen-bond donors (Lipinski definition) is 1. The molecule has 0 radical (unpaired) electrons. The fourth-order valence-corrected chi connectivity index (χ4v) is 0.810. The van der Waals surface area contributed by atoms with E-state index in [2.05, 4.69) is 4.98 Å². The van der Waals surface area contributed by atoms with Crippen LogP contribution in [0.3, 0.4) is 0 Å². The Hall–Kier alpha value is -1.58. The second kappa shape index (κ2) is 4.45. The van der Waals surface area contributed by atoms with Crippen molar-refractivity contribution in [3.63, 3.8) is 0 Å². The van der Waals surface area contributed by atoms with Crippen molar-refractivity contribution in [1.29, 1.82) is 0 Å². The quantitative estimate of drug-likeness (QED) is 0.725. The van der Waals surface area contributed by atoms with Gasteiger partial charge in [0.05, 0.1) is 24.8 Å². The van der Waals surface area contributed by atoms with Crippen LogP contribution >= 0.6 is 0 Å². The zero-order valence-electron chi connectivity index (χ0n) is 7.33. The van der Waals surface area contributed by atoms with Crippen LogP contribution in [0.2, 0.25) is 0 Å². The van der Waals surface area contributed by atoms with Gasteiger partial charge in [-0.15, -0.1) is 0 Å². The number of pyridine rings is 1. The van der Waals surface area contributed by atoms with E-state index in [9.17, 15) is 4.39 Å². The predicted octanol–water partition coefficient (Wildman–Crippen LogP) is 1.81. The largest absolute Gasteiger partial charge is 0.501 e. The third-order valence-electron chi connectivity index (χ3n) is 1.48. The first-order valence-electron chi connectivity index (χ1n) is 3.92. The molecule has 3 nitrogen and oxygen atoms in total. The maximum atomic E-state index is 12.8. The first kappa shape index (κ1) is 9.51. The van der Waals surface area contributed by atoms with E-state index in [4.69, 9.17) is 10.5 Å². The van der Waals surface area contributed by atoms with Gasteiger partial charge in [0, 0.05) is 11.8 Å². The second-order valence-electron chi connectivity index (χ2n) is 2.38. The van der Waals surface area contributed by atoms with Gasteiger partial charge in [-0.2, -0.15) is 0 Å². The molecular formula is C9H11FN2O. The summed E-state index contributed by atoms with van der Waals surface area (Å²) in [5, 5.41) is 0. The molecule has 0 saturated carbocycles. The van der Waals surface area contributed by atoms with Crippen molar-refractivity contribution in [2.45, 2.75) is 6.92 Å². The average molecular weight is 182 g/mol. The van der Waals surface area contributed by atoms with Crippen molar-refractivity contribution in [2.24, 2.45) is 0 Å². The molecule has 1 aromatic heterocycles. The fourth-order valence-electron chi connectivity index (χ4n) is 0.810. The molecule has 0 aliphatic heterocycles. The Morgan fingerprint density at radius 2 is 2.38 bits per heavy atom. The molecule has 1 aromatic rings. The Morgan fingerprint density at radius 1 is 1.62 bits per heavy atom. The van der Waals surface area contributed by atoms with Gasteiger partial charge < -0.3 is 10.5 Å². The molecule has 0 fully saturated rings. The fraction of sp³-hybridized carbons (Fsp3) is 0.222. The first-order valence-corrected chi connectivity index (χ1v) is 3.92. The summed E-state index contributed by atoms with van der Waals surface area (Å²) in [4.78, 5) is 3.66. The molecular weight excluding hydrogens is 171 g/mol. The normalized spacial score (nSPS) is 10.6. The van der Waals surface area contributed by atoms with E-state index < -0.39 is 5.82 Å². The molecule has 4 heteroatoms. The number of halogens is 1. The van der Waals surface area contributed by atoms with Crippen LogP contribution in [0.4, 0.5) is 10.1 Å². The maximum Gasteiger partial charge on any atom is 0.164 e. The van der Waals surface area contributed by atoms with Crippen molar-refractivity contribution in [2.75, 3.05) is 12.3 Å². The Morgan fingerprint density at radius 3 is 3.08 bits per heavy atom. The molecule has 0 aliphatic carbocycles. The first-order chi connectivity index (χ1) is 6.25.